The number of piperidine rings is 1. The Labute approximate surface area is 111 Å². The molecule has 1 nitrogen and oxygen atoms in total. The molecule has 0 bridgehead atoms. The molecule has 1 fully saturated rings. The first-order valence-corrected chi connectivity index (χ1v) is 7.62. The minimum Gasteiger partial charge on any atom is -0.303 e. The van der Waals surface area contributed by atoms with Crippen molar-refractivity contribution in [3.63, 3.8) is 0 Å². The van der Waals surface area contributed by atoms with Gasteiger partial charge in [-0.2, -0.15) is 0 Å². The molecule has 1 aromatic carbocycles. The van der Waals surface area contributed by atoms with Crippen molar-refractivity contribution in [2.24, 2.45) is 0 Å². The first-order valence-electron chi connectivity index (χ1n) is 5.84. The van der Waals surface area contributed by atoms with E-state index in [1.165, 1.54) is 36.5 Å². The fourth-order valence-electron chi connectivity index (χ4n) is 2.08. The van der Waals surface area contributed by atoms with Crippen LogP contribution in [0.2, 0.25) is 0 Å². The number of likely N-dealkylation sites (tertiary alicyclic amines) is 1. The fourth-order valence-corrected chi connectivity index (χ4v) is 3.48. The van der Waals surface area contributed by atoms with Crippen LogP contribution in [0.3, 0.4) is 0 Å². The lowest BCUT2D eigenvalue weighted by molar-refractivity contribution is 0.204. The Morgan fingerprint density at radius 3 is 2.75 bits per heavy atom. The second-order valence-electron chi connectivity index (χ2n) is 4.40. The topological polar surface area (TPSA) is 3.24 Å². The summed E-state index contributed by atoms with van der Waals surface area (Å²) in [6.45, 7) is 1.27. The zero-order valence-corrected chi connectivity index (χ0v) is 12.1. The number of hydrogen-bond acceptors (Lipinski definition) is 2. The molecule has 1 heterocycles. The van der Waals surface area contributed by atoms with E-state index in [0.29, 0.717) is 0 Å². The van der Waals surface area contributed by atoms with Crippen molar-refractivity contribution in [3.8, 4) is 0 Å². The van der Waals surface area contributed by atoms with Gasteiger partial charge in [-0.15, -0.1) is 11.8 Å². The number of rotatable bonds is 3. The molecule has 0 radical (unpaired) electrons. The SMILES string of the molecule is CN1CCCC[C@@H]1CSc1ccc(Br)cc1. The average Bonchev–Trinajstić information content (AvgIpc) is 2.30. The smallest absolute Gasteiger partial charge is 0.0186 e. The predicted octanol–water partition coefficient (Wildman–Crippen LogP) is 4.03. The molecule has 1 aliphatic rings. The molecule has 1 saturated heterocycles. The van der Waals surface area contributed by atoms with Gasteiger partial charge in [-0.1, -0.05) is 22.4 Å². The van der Waals surface area contributed by atoms with E-state index in [9.17, 15) is 0 Å². The number of halogens is 1. The molecule has 1 aromatic rings. The predicted molar refractivity (Wildman–Crippen MR) is 75.1 cm³/mol. The maximum Gasteiger partial charge on any atom is 0.0186 e. The summed E-state index contributed by atoms with van der Waals surface area (Å²) in [5.41, 5.74) is 0. The van der Waals surface area contributed by atoms with Gasteiger partial charge in [-0.25, -0.2) is 0 Å². The zero-order chi connectivity index (χ0) is 11.4. The molecule has 0 N–H and O–H groups in total. The van der Waals surface area contributed by atoms with E-state index in [2.05, 4.69) is 52.1 Å². The van der Waals surface area contributed by atoms with Crippen molar-refractivity contribution >= 4 is 27.7 Å². The first-order chi connectivity index (χ1) is 7.75. The standard InChI is InChI=1S/C13H18BrNS/c1-15-9-3-2-4-12(15)10-16-13-7-5-11(14)6-8-13/h5-8,12H,2-4,9-10H2,1H3/t12-/m1/s1. The van der Waals surface area contributed by atoms with Gasteiger partial charge >= 0.3 is 0 Å². The maximum atomic E-state index is 3.47. The van der Waals surface area contributed by atoms with E-state index in [0.717, 1.165) is 10.5 Å². The minimum absolute atomic E-state index is 0.766. The van der Waals surface area contributed by atoms with E-state index in [4.69, 9.17) is 0 Å². The van der Waals surface area contributed by atoms with Gasteiger partial charge in [-0.05, 0) is 50.7 Å². The Bertz CT molecular complexity index is 325. The Morgan fingerprint density at radius 2 is 2.06 bits per heavy atom. The third-order valence-corrected chi connectivity index (χ3v) is 4.86. The molecule has 16 heavy (non-hydrogen) atoms. The molecule has 0 aliphatic carbocycles. The molecule has 0 amide bonds. The van der Waals surface area contributed by atoms with Crippen molar-refractivity contribution in [3.05, 3.63) is 28.7 Å². The normalized spacial score (nSPS) is 22.2. The van der Waals surface area contributed by atoms with E-state index < -0.39 is 0 Å². The number of hydrogen-bond donors (Lipinski definition) is 0. The van der Waals surface area contributed by atoms with Crippen molar-refractivity contribution in [1.82, 2.24) is 4.90 Å². The molecule has 0 aromatic heterocycles. The summed E-state index contributed by atoms with van der Waals surface area (Å²) < 4.78 is 1.16. The van der Waals surface area contributed by atoms with Crippen LogP contribution in [0.15, 0.2) is 33.6 Å². The Hall–Kier alpha value is 0.01000. The second-order valence-corrected chi connectivity index (χ2v) is 6.40. The van der Waals surface area contributed by atoms with E-state index in [1.807, 2.05) is 11.8 Å². The zero-order valence-electron chi connectivity index (χ0n) is 9.66. The van der Waals surface area contributed by atoms with Crippen LogP contribution in [0.5, 0.6) is 0 Å². The summed E-state index contributed by atoms with van der Waals surface area (Å²) in [5, 5.41) is 0. The Morgan fingerprint density at radius 1 is 1.31 bits per heavy atom. The summed E-state index contributed by atoms with van der Waals surface area (Å²) in [6.07, 6.45) is 4.13. The molecular formula is C13H18BrNS. The molecule has 0 unspecified atom stereocenters. The number of thioether (sulfide) groups is 1. The third kappa shape index (κ3) is 3.51. The Kier molecular flexibility index (Phi) is 4.74. The fraction of sp³-hybridized carbons (Fsp3) is 0.538. The summed E-state index contributed by atoms with van der Waals surface area (Å²) in [4.78, 5) is 3.89. The van der Waals surface area contributed by atoms with Gasteiger partial charge in [0.15, 0.2) is 0 Å². The second kappa shape index (κ2) is 6.08. The lowest BCUT2D eigenvalue weighted by Gasteiger charge is -2.32. The van der Waals surface area contributed by atoms with Crippen LogP contribution >= 0.6 is 27.7 Å². The summed E-state index contributed by atoms with van der Waals surface area (Å²) in [5.74, 6) is 1.22. The molecule has 88 valence electrons. The van der Waals surface area contributed by atoms with Crippen LogP contribution in [-0.2, 0) is 0 Å². The molecule has 1 aliphatic heterocycles. The van der Waals surface area contributed by atoms with Crippen molar-refractivity contribution < 1.29 is 0 Å². The van der Waals surface area contributed by atoms with Gasteiger partial charge in [0.1, 0.15) is 0 Å². The molecule has 0 spiro atoms. The molecule has 2 rings (SSSR count). The highest BCUT2D eigenvalue weighted by Gasteiger charge is 2.18. The molecule has 0 saturated carbocycles. The maximum absolute atomic E-state index is 3.47. The average molecular weight is 300 g/mol. The minimum atomic E-state index is 0.766. The van der Waals surface area contributed by atoms with Gasteiger partial charge in [0.2, 0.25) is 0 Å². The lowest BCUT2D eigenvalue weighted by atomic mass is 10.1. The van der Waals surface area contributed by atoms with Gasteiger partial charge < -0.3 is 4.90 Å². The van der Waals surface area contributed by atoms with Gasteiger partial charge in [0, 0.05) is 21.2 Å². The van der Waals surface area contributed by atoms with Crippen molar-refractivity contribution in [1.29, 1.82) is 0 Å². The summed E-state index contributed by atoms with van der Waals surface area (Å²) in [7, 11) is 2.26. The van der Waals surface area contributed by atoms with Crippen molar-refractivity contribution in [2.45, 2.75) is 30.2 Å². The van der Waals surface area contributed by atoms with Gasteiger partial charge in [0.25, 0.3) is 0 Å². The first kappa shape index (κ1) is 12.5. The van der Waals surface area contributed by atoms with Crippen LogP contribution in [-0.4, -0.2) is 30.3 Å². The van der Waals surface area contributed by atoms with Crippen LogP contribution in [0.25, 0.3) is 0 Å². The third-order valence-electron chi connectivity index (χ3n) is 3.18. The highest BCUT2D eigenvalue weighted by atomic mass is 79.9. The van der Waals surface area contributed by atoms with Crippen LogP contribution < -0.4 is 0 Å². The molecule has 1 atom stereocenters. The molecule has 3 heteroatoms. The molecular weight excluding hydrogens is 282 g/mol. The Balaban J connectivity index is 1.84. The highest BCUT2D eigenvalue weighted by molar-refractivity contribution is 9.10. The van der Waals surface area contributed by atoms with E-state index in [1.54, 1.807) is 0 Å². The van der Waals surface area contributed by atoms with E-state index in [-0.39, 0.29) is 0 Å². The van der Waals surface area contributed by atoms with Gasteiger partial charge in [-0.3, -0.25) is 0 Å². The van der Waals surface area contributed by atoms with Crippen molar-refractivity contribution in [2.75, 3.05) is 19.3 Å². The van der Waals surface area contributed by atoms with Gasteiger partial charge in [0.05, 0.1) is 0 Å². The van der Waals surface area contributed by atoms with Crippen LogP contribution in [0.1, 0.15) is 19.3 Å². The summed E-state index contributed by atoms with van der Waals surface area (Å²) in [6, 6.07) is 9.39. The quantitative estimate of drug-likeness (QED) is 0.776. The number of nitrogens with zero attached hydrogens (tertiary/aromatic N) is 1. The largest absolute Gasteiger partial charge is 0.303 e. The van der Waals surface area contributed by atoms with E-state index >= 15 is 0 Å². The highest BCUT2D eigenvalue weighted by Crippen LogP contribution is 2.25. The van der Waals surface area contributed by atoms with Crippen LogP contribution in [0.4, 0.5) is 0 Å². The lowest BCUT2D eigenvalue weighted by Crippen LogP contribution is -2.37. The monoisotopic (exact) mass is 299 g/mol. The number of benzene rings is 1. The van der Waals surface area contributed by atoms with Crippen LogP contribution in [0, 0.1) is 0 Å². The summed E-state index contributed by atoms with van der Waals surface area (Å²) >= 11 is 5.44.